The minimum atomic E-state index is -1.48. The van der Waals surface area contributed by atoms with E-state index in [2.05, 4.69) is 0 Å². The van der Waals surface area contributed by atoms with Crippen molar-refractivity contribution in [3.05, 3.63) is 65.2 Å². The monoisotopic (exact) mass is 264 g/mol. The number of rotatable bonds is 3. The van der Waals surface area contributed by atoms with Crippen molar-refractivity contribution in [2.75, 3.05) is 7.11 Å². The van der Waals surface area contributed by atoms with Gasteiger partial charge in [0.2, 0.25) is 0 Å². The summed E-state index contributed by atoms with van der Waals surface area (Å²) in [7, 11) is 1.54. The van der Waals surface area contributed by atoms with Crippen molar-refractivity contribution in [1.82, 2.24) is 0 Å². The average molecular weight is 264 g/mol. The molecular weight excluding hydrogens is 250 g/mol. The van der Waals surface area contributed by atoms with Crippen LogP contribution in [0.4, 0.5) is 8.78 Å². The van der Waals surface area contributed by atoms with Gasteiger partial charge in [-0.05, 0) is 42.3 Å². The van der Waals surface area contributed by atoms with E-state index < -0.39 is 17.2 Å². The molecule has 1 atom stereocenters. The zero-order chi connectivity index (χ0) is 14.0. The topological polar surface area (TPSA) is 29.5 Å². The predicted molar refractivity (Wildman–Crippen MR) is 68.0 cm³/mol. The van der Waals surface area contributed by atoms with Crippen LogP contribution in [0.3, 0.4) is 0 Å². The van der Waals surface area contributed by atoms with Gasteiger partial charge in [-0.3, -0.25) is 0 Å². The van der Waals surface area contributed by atoms with Crippen molar-refractivity contribution in [1.29, 1.82) is 0 Å². The molecule has 100 valence electrons. The molecule has 0 aliphatic heterocycles. The molecule has 0 aliphatic rings. The molecule has 2 aromatic carbocycles. The number of benzene rings is 2. The first-order valence-corrected chi connectivity index (χ1v) is 5.77. The normalized spacial score (nSPS) is 13.9. The molecule has 0 spiro atoms. The number of aliphatic hydroxyl groups is 1. The van der Waals surface area contributed by atoms with Gasteiger partial charge >= 0.3 is 0 Å². The van der Waals surface area contributed by atoms with Crippen molar-refractivity contribution in [3.63, 3.8) is 0 Å². The Hall–Kier alpha value is -1.94. The number of hydrogen-bond acceptors (Lipinski definition) is 2. The number of hydrogen-bond donors (Lipinski definition) is 1. The second-order valence-electron chi connectivity index (χ2n) is 4.46. The summed E-state index contributed by atoms with van der Waals surface area (Å²) in [6, 6.07) is 9.68. The maximum atomic E-state index is 13.2. The Kier molecular flexibility index (Phi) is 3.53. The third-order valence-electron chi connectivity index (χ3n) is 3.08. The molecule has 0 aliphatic carbocycles. The van der Waals surface area contributed by atoms with E-state index in [1.54, 1.807) is 24.3 Å². The number of halogens is 2. The molecule has 0 radical (unpaired) electrons. The highest BCUT2D eigenvalue weighted by Crippen LogP contribution is 2.31. The summed E-state index contributed by atoms with van der Waals surface area (Å²) >= 11 is 0. The Bertz CT molecular complexity index is 557. The lowest BCUT2D eigenvalue weighted by molar-refractivity contribution is 0.101. The molecule has 0 heterocycles. The second-order valence-corrected chi connectivity index (χ2v) is 4.46. The lowest BCUT2D eigenvalue weighted by Gasteiger charge is -2.24. The van der Waals surface area contributed by atoms with Crippen molar-refractivity contribution < 1.29 is 18.6 Å². The minimum absolute atomic E-state index is 0.162. The summed E-state index contributed by atoms with van der Waals surface area (Å²) < 4.78 is 31.5. The highest BCUT2D eigenvalue weighted by atomic mass is 19.1. The van der Waals surface area contributed by atoms with Crippen LogP contribution in [0, 0.1) is 11.6 Å². The summed E-state index contributed by atoms with van der Waals surface area (Å²) in [6.07, 6.45) is 0. The van der Waals surface area contributed by atoms with E-state index in [0.717, 1.165) is 18.2 Å². The average Bonchev–Trinajstić information content (AvgIpc) is 2.37. The molecule has 0 saturated heterocycles. The third kappa shape index (κ3) is 2.74. The molecule has 0 saturated carbocycles. The Morgan fingerprint density at radius 3 is 1.95 bits per heavy atom. The van der Waals surface area contributed by atoms with Crippen LogP contribution in [-0.2, 0) is 5.60 Å². The summed E-state index contributed by atoms with van der Waals surface area (Å²) in [6.45, 7) is 1.49. The summed E-state index contributed by atoms with van der Waals surface area (Å²) in [5.74, 6) is -0.794. The molecule has 0 aromatic heterocycles. The van der Waals surface area contributed by atoms with E-state index in [-0.39, 0.29) is 5.56 Å². The fourth-order valence-corrected chi connectivity index (χ4v) is 1.92. The Morgan fingerprint density at radius 2 is 1.47 bits per heavy atom. The highest BCUT2D eigenvalue weighted by molar-refractivity contribution is 5.38. The van der Waals surface area contributed by atoms with Crippen LogP contribution in [0.2, 0.25) is 0 Å². The first-order chi connectivity index (χ1) is 8.93. The summed E-state index contributed by atoms with van der Waals surface area (Å²) in [5, 5.41) is 10.5. The quantitative estimate of drug-likeness (QED) is 0.922. The minimum Gasteiger partial charge on any atom is -0.497 e. The largest absolute Gasteiger partial charge is 0.497 e. The van der Waals surface area contributed by atoms with Crippen molar-refractivity contribution in [2.45, 2.75) is 12.5 Å². The Labute approximate surface area is 110 Å². The summed E-state index contributed by atoms with van der Waals surface area (Å²) in [5.41, 5.74) is -0.789. The highest BCUT2D eigenvalue weighted by Gasteiger charge is 2.26. The van der Waals surface area contributed by atoms with Crippen LogP contribution in [0.15, 0.2) is 42.5 Å². The molecular formula is C15H14F2O2. The van der Waals surface area contributed by atoms with Gasteiger partial charge in [-0.2, -0.15) is 0 Å². The maximum Gasteiger partial charge on any atom is 0.126 e. The van der Waals surface area contributed by atoms with Crippen LogP contribution >= 0.6 is 0 Å². The van der Waals surface area contributed by atoms with Crippen molar-refractivity contribution in [3.8, 4) is 5.75 Å². The zero-order valence-corrected chi connectivity index (χ0v) is 10.7. The van der Waals surface area contributed by atoms with Crippen LogP contribution in [0.25, 0.3) is 0 Å². The van der Waals surface area contributed by atoms with E-state index in [0.29, 0.717) is 11.3 Å². The van der Waals surface area contributed by atoms with Crippen LogP contribution in [-0.4, -0.2) is 12.2 Å². The number of methoxy groups -OCH3 is 1. The van der Waals surface area contributed by atoms with Gasteiger partial charge in [0.25, 0.3) is 0 Å². The first-order valence-electron chi connectivity index (χ1n) is 5.77. The SMILES string of the molecule is COc1ccc(C(C)(O)c2cc(F)cc(F)c2)cc1. The summed E-state index contributed by atoms with van der Waals surface area (Å²) in [4.78, 5) is 0. The van der Waals surface area contributed by atoms with Gasteiger partial charge in [0, 0.05) is 6.07 Å². The second kappa shape index (κ2) is 4.97. The van der Waals surface area contributed by atoms with Crippen LogP contribution in [0.1, 0.15) is 18.1 Å². The molecule has 4 heteroatoms. The van der Waals surface area contributed by atoms with Gasteiger partial charge in [-0.15, -0.1) is 0 Å². The molecule has 0 fully saturated rings. The van der Waals surface area contributed by atoms with Gasteiger partial charge in [-0.25, -0.2) is 8.78 Å². The van der Waals surface area contributed by atoms with Crippen LogP contribution in [0.5, 0.6) is 5.75 Å². The Balaban J connectivity index is 2.44. The molecule has 0 bridgehead atoms. The fourth-order valence-electron chi connectivity index (χ4n) is 1.92. The van der Waals surface area contributed by atoms with E-state index in [1.807, 2.05) is 0 Å². The first kappa shape index (κ1) is 13.5. The molecule has 2 nitrogen and oxygen atoms in total. The maximum absolute atomic E-state index is 13.2. The number of ether oxygens (including phenoxy) is 1. The molecule has 19 heavy (non-hydrogen) atoms. The van der Waals surface area contributed by atoms with E-state index in [1.165, 1.54) is 14.0 Å². The van der Waals surface area contributed by atoms with Crippen molar-refractivity contribution >= 4 is 0 Å². The van der Waals surface area contributed by atoms with Crippen molar-refractivity contribution in [2.24, 2.45) is 0 Å². The van der Waals surface area contributed by atoms with Gasteiger partial charge in [0.1, 0.15) is 23.0 Å². The lowest BCUT2D eigenvalue weighted by atomic mass is 9.88. The zero-order valence-electron chi connectivity index (χ0n) is 10.7. The van der Waals surface area contributed by atoms with Crippen LogP contribution < -0.4 is 4.74 Å². The lowest BCUT2D eigenvalue weighted by Crippen LogP contribution is -2.23. The molecule has 0 amide bonds. The molecule has 1 unspecified atom stereocenters. The standard InChI is InChI=1S/C15H14F2O2/c1-15(18,10-3-5-14(19-2)6-4-10)11-7-12(16)9-13(17)8-11/h3-9,18H,1-2H3. The predicted octanol–water partition coefficient (Wildman–Crippen LogP) is 3.23. The molecule has 2 aromatic rings. The van der Waals surface area contributed by atoms with E-state index in [4.69, 9.17) is 4.74 Å². The van der Waals surface area contributed by atoms with Gasteiger partial charge in [-0.1, -0.05) is 12.1 Å². The fraction of sp³-hybridized carbons (Fsp3) is 0.200. The smallest absolute Gasteiger partial charge is 0.126 e. The molecule has 2 rings (SSSR count). The van der Waals surface area contributed by atoms with Gasteiger partial charge < -0.3 is 9.84 Å². The van der Waals surface area contributed by atoms with E-state index >= 15 is 0 Å². The third-order valence-corrected chi connectivity index (χ3v) is 3.08. The van der Waals surface area contributed by atoms with Gasteiger partial charge in [0.15, 0.2) is 0 Å². The molecule has 1 N–H and O–H groups in total. The Morgan fingerprint density at radius 1 is 0.947 bits per heavy atom. The van der Waals surface area contributed by atoms with E-state index in [9.17, 15) is 13.9 Å². The van der Waals surface area contributed by atoms with Gasteiger partial charge in [0.05, 0.1) is 7.11 Å².